The van der Waals surface area contributed by atoms with Crippen molar-refractivity contribution < 1.29 is 14.3 Å². The molecule has 6 heteroatoms. The first kappa shape index (κ1) is 15.8. The number of nitrogens with two attached hydrogens (primary N) is 1. The molecule has 5 nitrogen and oxygen atoms in total. The van der Waals surface area contributed by atoms with Crippen molar-refractivity contribution in [3.8, 4) is 0 Å². The van der Waals surface area contributed by atoms with Crippen LogP contribution in [-0.4, -0.2) is 67.9 Å². The van der Waals surface area contributed by atoms with Crippen molar-refractivity contribution in [2.45, 2.75) is 19.4 Å². The van der Waals surface area contributed by atoms with Gasteiger partial charge < -0.3 is 15.2 Å². The first-order valence-corrected chi connectivity index (χ1v) is 7.69. The molecule has 1 heterocycles. The van der Waals surface area contributed by atoms with Crippen molar-refractivity contribution in [3.05, 3.63) is 0 Å². The van der Waals surface area contributed by atoms with E-state index in [-0.39, 0.29) is 5.97 Å². The number of ether oxygens (including phenoxy) is 2. The third-order valence-corrected chi connectivity index (χ3v) is 3.81. The lowest BCUT2D eigenvalue weighted by atomic mass is 10.2. The predicted octanol–water partition coefficient (Wildman–Crippen LogP) is 0.332. The van der Waals surface area contributed by atoms with Crippen LogP contribution in [0.4, 0.5) is 0 Å². The van der Waals surface area contributed by atoms with Crippen LogP contribution in [0, 0.1) is 0 Å². The Bertz CT molecular complexity index is 235. The summed E-state index contributed by atoms with van der Waals surface area (Å²) < 4.78 is 10.2. The van der Waals surface area contributed by atoms with E-state index < -0.39 is 6.04 Å². The maximum absolute atomic E-state index is 11.3. The highest BCUT2D eigenvalue weighted by Crippen LogP contribution is 2.07. The number of rotatable bonds is 8. The molecule has 0 aromatic heterocycles. The third kappa shape index (κ3) is 6.58. The molecule has 0 bridgehead atoms. The Kier molecular flexibility index (Phi) is 8.41. The second-order valence-electron chi connectivity index (χ2n) is 4.21. The van der Waals surface area contributed by atoms with Gasteiger partial charge in [0, 0.05) is 25.4 Å². The summed E-state index contributed by atoms with van der Waals surface area (Å²) in [4.78, 5) is 13.7. The van der Waals surface area contributed by atoms with E-state index in [1.54, 1.807) is 6.92 Å². The van der Waals surface area contributed by atoms with Crippen LogP contribution < -0.4 is 5.73 Å². The summed E-state index contributed by atoms with van der Waals surface area (Å²) in [5, 5.41) is 0. The zero-order valence-corrected chi connectivity index (χ0v) is 11.9. The van der Waals surface area contributed by atoms with E-state index in [0.717, 1.165) is 44.4 Å². The highest BCUT2D eigenvalue weighted by Gasteiger charge is 2.14. The molecule has 1 saturated heterocycles. The number of nitrogens with zero attached hydrogens (tertiary/aromatic N) is 1. The van der Waals surface area contributed by atoms with Crippen molar-refractivity contribution in [2.24, 2.45) is 5.73 Å². The maximum atomic E-state index is 11.3. The van der Waals surface area contributed by atoms with Gasteiger partial charge in [0.15, 0.2) is 0 Å². The van der Waals surface area contributed by atoms with Gasteiger partial charge in [-0.1, -0.05) is 0 Å². The largest absolute Gasteiger partial charge is 0.465 e. The Hall–Kier alpha value is -0.300. The van der Waals surface area contributed by atoms with Crippen LogP contribution >= 0.6 is 11.8 Å². The first-order valence-electron chi connectivity index (χ1n) is 6.54. The smallest absolute Gasteiger partial charge is 0.322 e. The minimum atomic E-state index is -0.471. The molecule has 1 aliphatic heterocycles. The molecule has 0 aromatic rings. The summed E-state index contributed by atoms with van der Waals surface area (Å²) in [5.41, 5.74) is 5.71. The van der Waals surface area contributed by atoms with Crippen LogP contribution in [-0.2, 0) is 14.3 Å². The molecule has 1 aliphatic rings. The molecule has 1 rings (SSSR count). The molecule has 0 aliphatic carbocycles. The molecular weight excluding hydrogens is 252 g/mol. The average Bonchev–Trinajstić information content (AvgIpc) is 2.39. The number of carbonyl (C=O) groups is 1. The lowest BCUT2D eigenvalue weighted by Gasteiger charge is -2.26. The molecule has 1 unspecified atom stereocenters. The zero-order chi connectivity index (χ0) is 13.2. The lowest BCUT2D eigenvalue weighted by molar-refractivity contribution is -0.144. The second kappa shape index (κ2) is 9.61. The maximum Gasteiger partial charge on any atom is 0.322 e. The standard InChI is InChI=1S/C12H24N2O3S/c1-2-17-12(15)11(13)3-9-18-10-6-14-4-7-16-8-5-14/h11H,2-10,13H2,1H3. The summed E-state index contributed by atoms with van der Waals surface area (Å²) in [7, 11) is 0. The fourth-order valence-corrected chi connectivity index (χ4v) is 2.71. The minimum absolute atomic E-state index is 0.286. The van der Waals surface area contributed by atoms with Gasteiger partial charge in [-0.05, 0) is 19.1 Å². The first-order chi connectivity index (χ1) is 8.74. The number of hydrogen-bond donors (Lipinski definition) is 1. The highest BCUT2D eigenvalue weighted by atomic mass is 32.2. The normalized spacial score (nSPS) is 18.6. The molecule has 1 atom stereocenters. The average molecular weight is 276 g/mol. The lowest BCUT2D eigenvalue weighted by Crippen LogP contribution is -2.37. The van der Waals surface area contributed by atoms with Crippen LogP contribution in [0.5, 0.6) is 0 Å². The molecule has 1 fully saturated rings. The van der Waals surface area contributed by atoms with E-state index in [1.165, 1.54) is 0 Å². The summed E-state index contributed by atoms with van der Waals surface area (Å²) in [6.07, 6.45) is 0.687. The highest BCUT2D eigenvalue weighted by molar-refractivity contribution is 7.99. The monoisotopic (exact) mass is 276 g/mol. The predicted molar refractivity (Wildman–Crippen MR) is 73.8 cm³/mol. The van der Waals surface area contributed by atoms with Crippen LogP contribution in [0.2, 0.25) is 0 Å². The minimum Gasteiger partial charge on any atom is -0.465 e. The Morgan fingerprint density at radius 3 is 2.83 bits per heavy atom. The van der Waals surface area contributed by atoms with Crippen molar-refractivity contribution in [1.82, 2.24) is 4.90 Å². The van der Waals surface area contributed by atoms with Crippen molar-refractivity contribution in [3.63, 3.8) is 0 Å². The number of hydrogen-bond acceptors (Lipinski definition) is 6. The number of carbonyl (C=O) groups excluding carboxylic acids is 1. The molecule has 2 N–H and O–H groups in total. The van der Waals surface area contributed by atoms with Gasteiger partial charge in [-0.25, -0.2) is 0 Å². The number of esters is 1. The van der Waals surface area contributed by atoms with Gasteiger partial charge in [-0.15, -0.1) is 0 Å². The quantitative estimate of drug-likeness (QED) is 0.509. The van der Waals surface area contributed by atoms with Gasteiger partial charge >= 0.3 is 5.97 Å². The van der Waals surface area contributed by atoms with E-state index in [0.29, 0.717) is 13.0 Å². The summed E-state index contributed by atoms with van der Waals surface area (Å²) >= 11 is 1.84. The van der Waals surface area contributed by atoms with Gasteiger partial charge in [0.2, 0.25) is 0 Å². The topological polar surface area (TPSA) is 64.8 Å². The van der Waals surface area contributed by atoms with Crippen molar-refractivity contribution >= 4 is 17.7 Å². The second-order valence-corrected chi connectivity index (χ2v) is 5.44. The van der Waals surface area contributed by atoms with Crippen LogP contribution in [0.1, 0.15) is 13.3 Å². The Balaban J connectivity index is 1.95. The Morgan fingerprint density at radius 1 is 1.44 bits per heavy atom. The molecule has 0 spiro atoms. The summed E-state index contributed by atoms with van der Waals surface area (Å²) in [6, 6.07) is -0.471. The SMILES string of the molecule is CCOC(=O)C(N)CCSCCN1CCOCC1. The fourth-order valence-electron chi connectivity index (χ4n) is 1.70. The van der Waals surface area contributed by atoms with E-state index >= 15 is 0 Å². The van der Waals surface area contributed by atoms with Crippen LogP contribution in [0.25, 0.3) is 0 Å². The van der Waals surface area contributed by atoms with E-state index in [4.69, 9.17) is 15.2 Å². The Morgan fingerprint density at radius 2 is 2.17 bits per heavy atom. The van der Waals surface area contributed by atoms with Gasteiger partial charge in [0.25, 0.3) is 0 Å². The van der Waals surface area contributed by atoms with Gasteiger partial charge in [-0.2, -0.15) is 11.8 Å². The van der Waals surface area contributed by atoms with Gasteiger partial charge in [0.1, 0.15) is 6.04 Å². The third-order valence-electron chi connectivity index (χ3n) is 2.82. The van der Waals surface area contributed by atoms with Crippen LogP contribution in [0.3, 0.4) is 0 Å². The van der Waals surface area contributed by atoms with E-state index in [9.17, 15) is 4.79 Å². The molecule has 0 aromatic carbocycles. The molecular formula is C12H24N2O3S. The van der Waals surface area contributed by atoms with Gasteiger partial charge in [0.05, 0.1) is 19.8 Å². The summed E-state index contributed by atoms with van der Waals surface area (Å²) in [5.74, 6) is 1.70. The molecule has 0 saturated carbocycles. The zero-order valence-electron chi connectivity index (χ0n) is 11.1. The molecule has 106 valence electrons. The number of thioether (sulfide) groups is 1. The Labute approximate surface area is 113 Å². The van der Waals surface area contributed by atoms with Crippen molar-refractivity contribution in [2.75, 3.05) is 51.0 Å². The van der Waals surface area contributed by atoms with E-state index in [2.05, 4.69) is 4.90 Å². The van der Waals surface area contributed by atoms with Gasteiger partial charge in [-0.3, -0.25) is 9.69 Å². The fraction of sp³-hybridized carbons (Fsp3) is 0.917. The van der Waals surface area contributed by atoms with Crippen LogP contribution in [0.15, 0.2) is 0 Å². The molecule has 0 amide bonds. The van der Waals surface area contributed by atoms with Crippen molar-refractivity contribution in [1.29, 1.82) is 0 Å². The van der Waals surface area contributed by atoms with E-state index in [1.807, 2.05) is 11.8 Å². The number of morpholine rings is 1. The summed E-state index contributed by atoms with van der Waals surface area (Å²) in [6.45, 7) is 7.03. The molecule has 0 radical (unpaired) electrons. The molecule has 18 heavy (non-hydrogen) atoms.